The minimum Gasteiger partial charge on any atom is -0.352 e. The Labute approximate surface area is 74.7 Å². The molecule has 2 atom stereocenters. The fourth-order valence-corrected chi connectivity index (χ4v) is 0.894. The van der Waals surface area contributed by atoms with Gasteiger partial charge in [0.15, 0.2) is 0 Å². The molecule has 3 N–H and O–H groups in total. The van der Waals surface area contributed by atoms with Crippen LogP contribution in [0, 0.1) is 0 Å². The van der Waals surface area contributed by atoms with Crippen LogP contribution in [0.3, 0.4) is 0 Å². The number of hydrogen-bond donors (Lipinski definition) is 2. The third-order valence-electron chi connectivity index (χ3n) is 1.94. The summed E-state index contributed by atoms with van der Waals surface area (Å²) in [6.07, 6.45) is 2.67. The van der Waals surface area contributed by atoms with Crippen molar-refractivity contribution in [2.75, 3.05) is 0 Å². The first-order valence-corrected chi connectivity index (χ1v) is 4.67. The molecule has 0 saturated heterocycles. The third kappa shape index (κ3) is 4.34. The smallest absolute Gasteiger partial charge is 0.237 e. The van der Waals surface area contributed by atoms with Gasteiger partial charge in [-0.2, -0.15) is 0 Å². The molecule has 3 heteroatoms. The van der Waals surface area contributed by atoms with E-state index in [0.29, 0.717) is 0 Å². The Kier molecular flexibility index (Phi) is 5.72. The van der Waals surface area contributed by atoms with E-state index in [-0.39, 0.29) is 18.0 Å². The van der Waals surface area contributed by atoms with Crippen molar-refractivity contribution in [1.29, 1.82) is 0 Å². The van der Waals surface area contributed by atoms with Crippen molar-refractivity contribution < 1.29 is 4.79 Å². The van der Waals surface area contributed by atoms with E-state index >= 15 is 0 Å². The SMILES string of the molecule is CCC[C@@H](N)C(=O)NC(C)CC. The van der Waals surface area contributed by atoms with Gasteiger partial charge in [-0.15, -0.1) is 0 Å². The highest BCUT2D eigenvalue weighted by atomic mass is 16.2. The minimum absolute atomic E-state index is 0.0220. The molecule has 0 aromatic carbocycles. The molecule has 0 saturated carbocycles. The summed E-state index contributed by atoms with van der Waals surface area (Å²) in [5.74, 6) is -0.0220. The van der Waals surface area contributed by atoms with Gasteiger partial charge in [0.2, 0.25) is 5.91 Å². The summed E-state index contributed by atoms with van der Waals surface area (Å²) in [6, 6.07) is -0.0931. The summed E-state index contributed by atoms with van der Waals surface area (Å²) in [5.41, 5.74) is 5.62. The van der Waals surface area contributed by atoms with Gasteiger partial charge in [0.1, 0.15) is 0 Å². The molecule has 0 spiro atoms. The summed E-state index contributed by atoms with van der Waals surface area (Å²) in [4.78, 5) is 11.3. The molecule has 1 amide bonds. The van der Waals surface area contributed by atoms with Gasteiger partial charge in [-0.1, -0.05) is 20.3 Å². The maximum Gasteiger partial charge on any atom is 0.237 e. The highest BCUT2D eigenvalue weighted by molar-refractivity contribution is 5.81. The topological polar surface area (TPSA) is 55.1 Å². The van der Waals surface area contributed by atoms with Crippen LogP contribution in [0.15, 0.2) is 0 Å². The summed E-state index contributed by atoms with van der Waals surface area (Å²) in [7, 11) is 0. The Hall–Kier alpha value is -0.570. The first-order valence-electron chi connectivity index (χ1n) is 4.67. The van der Waals surface area contributed by atoms with Crippen molar-refractivity contribution in [1.82, 2.24) is 5.32 Å². The molecule has 0 aliphatic rings. The highest BCUT2D eigenvalue weighted by Crippen LogP contribution is 1.95. The van der Waals surface area contributed by atoms with Gasteiger partial charge in [0.05, 0.1) is 6.04 Å². The number of amides is 1. The summed E-state index contributed by atoms with van der Waals surface area (Å²) in [5, 5.41) is 2.85. The van der Waals surface area contributed by atoms with Crippen molar-refractivity contribution >= 4 is 5.91 Å². The predicted molar refractivity (Wildman–Crippen MR) is 50.8 cm³/mol. The zero-order valence-electron chi connectivity index (χ0n) is 8.26. The zero-order chi connectivity index (χ0) is 9.56. The lowest BCUT2D eigenvalue weighted by atomic mass is 10.1. The van der Waals surface area contributed by atoms with Gasteiger partial charge in [-0.3, -0.25) is 4.79 Å². The zero-order valence-corrected chi connectivity index (χ0v) is 8.26. The number of carbonyl (C=O) groups is 1. The number of rotatable bonds is 5. The van der Waals surface area contributed by atoms with Crippen LogP contribution in [0.1, 0.15) is 40.0 Å². The molecule has 0 rings (SSSR count). The van der Waals surface area contributed by atoms with E-state index in [1.165, 1.54) is 0 Å². The Morgan fingerprint density at radius 3 is 2.50 bits per heavy atom. The summed E-state index contributed by atoms with van der Waals surface area (Å²) >= 11 is 0. The molecule has 0 aromatic rings. The second-order valence-corrected chi connectivity index (χ2v) is 3.21. The van der Waals surface area contributed by atoms with Crippen LogP contribution in [0.5, 0.6) is 0 Å². The first-order chi connectivity index (χ1) is 5.61. The Morgan fingerprint density at radius 2 is 2.08 bits per heavy atom. The molecule has 0 aliphatic heterocycles. The second kappa shape index (κ2) is 6.00. The molecule has 1 unspecified atom stereocenters. The van der Waals surface area contributed by atoms with Gasteiger partial charge < -0.3 is 11.1 Å². The second-order valence-electron chi connectivity index (χ2n) is 3.21. The highest BCUT2D eigenvalue weighted by Gasteiger charge is 2.13. The van der Waals surface area contributed by atoms with Crippen LogP contribution in [0.25, 0.3) is 0 Å². The summed E-state index contributed by atoms with van der Waals surface area (Å²) in [6.45, 7) is 6.04. The average Bonchev–Trinajstić information content (AvgIpc) is 2.04. The molecule has 0 aliphatic carbocycles. The van der Waals surface area contributed by atoms with E-state index in [9.17, 15) is 4.79 Å². The van der Waals surface area contributed by atoms with Gasteiger partial charge in [0, 0.05) is 6.04 Å². The van der Waals surface area contributed by atoms with E-state index in [2.05, 4.69) is 5.32 Å². The largest absolute Gasteiger partial charge is 0.352 e. The first kappa shape index (κ1) is 11.4. The van der Waals surface area contributed by atoms with E-state index in [1.54, 1.807) is 0 Å². The van der Waals surface area contributed by atoms with Crippen molar-refractivity contribution in [3.05, 3.63) is 0 Å². The number of nitrogens with one attached hydrogen (secondary N) is 1. The molecular formula is C9H20N2O. The summed E-state index contributed by atoms with van der Waals surface area (Å²) < 4.78 is 0. The monoisotopic (exact) mass is 172 g/mol. The molecule has 0 bridgehead atoms. The molecule has 0 radical (unpaired) electrons. The lowest BCUT2D eigenvalue weighted by Gasteiger charge is -2.15. The van der Waals surface area contributed by atoms with E-state index in [1.807, 2.05) is 20.8 Å². The minimum atomic E-state index is -0.330. The number of hydrogen-bond acceptors (Lipinski definition) is 2. The third-order valence-corrected chi connectivity index (χ3v) is 1.94. The standard InChI is InChI=1S/C9H20N2O/c1-4-6-8(10)9(12)11-7(3)5-2/h7-8H,4-6,10H2,1-3H3,(H,11,12)/t7?,8-/m1/s1. The van der Waals surface area contributed by atoms with E-state index in [4.69, 9.17) is 5.73 Å². The average molecular weight is 172 g/mol. The maximum atomic E-state index is 11.3. The van der Waals surface area contributed by atoms with Crippen molar-refractivity contribution in [3.8, 4) is 0 Å². The Balaban J connectivity index is 3.70. The molecule has 0 fully saturated rings. The molecular weight excluding hydrogens is 152 g/mol. The molecule has 3 nitrogen and oxygen atoms in total. The van der Waals surface area contributed by atoms with Gasteiger partial charge >= 0.3 is 0 Å². The molecule has 12 heavy (non-hydrogen) atoms. The van der Waals surface area contributed by atoms with Crippen LogP contribution in [0.4, 0.5) is 0 Å². The lowest BCUT2D eigenvalue weighted by molar-refractivity contribution is -0.123. The number of carbonyl (C=O) groups excluding carboxylic acids is 1. The van der Waals surface area contributed by atoms with Gasteiger partial charge in [0.25, 0.3) is 0 Å². The number of nitrogens with two attached hydrogens (primary N) is 1. The van der Waals surface area contributed by atoms with Crippen LogP contribution in [-0.2, 0) is 4.79 Å². The van der Waals surface area contributed by atoms with Crippen LogP contribution >= 0.6 is 0 Å². The van der Waals surface area contributed by atoms with Gasteiger partial charge in [-0.25, -0.2) is 0 Å². The Bertz CT molecular complexity index is 136. The quantitative estimate of drug-likeness (QED) is 0.650. The molecule has 0 heterocycles. The van der Waals surface area contributed by atoms with Crippen LogP contribution in [0.2, 0.25) is 0 Å². The van der Waals surface area contributed by atoms with E-state index in [0.717, 1.165) is 19.3 Å². The Morgan fingerprint density at radius 1 is 1.50 bits per heavy atom. The molecule has 72 valence electrons. The van der Waals surface area contributed by atoms with Crippen molar-refractivity contribution in [2.24, 2.45) is 5.73 Å². The van der Waals surface area contributed by atoms with Crippen molar-refractivity contribution in [3.63, 3.8) is 0 Å². The fraction of sp³-hybridized carbons (Fsp3) is 0.889. The fourth-order valence-electron chi connectivity index (χ4n) is 0.894. The van der Waals surface area contributed by atoms with E-state index < -0.39 is 0 Å². The predicted octanol–water partition coefficient (Wildman–Crippen LogP) is 1.03. The molecule has 0 aromatic heterocycles. The normalized spacial score (nSPS) is 15.3. The van der Waals surface area contributed by atoms with Crippen LogP contribution in [-0.4, -0.2) is 18.0 Å². The maximum absolute atomic E-state index is 11.3. The lowest BCUT2D eigenvalue weighted by Crippen LogP contribution is -2.44. The van der Waals surface area contributed by atoms with Gasteiger partial charge in [-0.05, 0) is 19.8 Å². The van der Waals surface area contributed by atoms with Crippen LogP contribution < -0.4 is 11.1 Å². The van der Waals surface area contributed by atoms with Crippen molar-refractivity contribution in [2.45, 2.75) is 52.1 Å².